The fourth-order valence-electron chi connectivity index (χ4n) is 3.18. The molecule has 7 heteroatoms. The van der Waals surface area contributed by atoms with Gasteiger partial charge in [-0.05, 0) is 24.3 Å². The molecule has 0 spiro atoms. The van der Waals surface area contributed by atoms with Gasteiger partial charge in [0.25, 0.3) is 5.91 Å². The zero-order chi connectivity index (χ0) is 20.8. The first-order chi connectivity index (χ1) is 14.0. The highest BCUT2D eigenvalue weighted by Crippen LogP contribution is 2.26. The van der Waals surface area contributed by atoms with E-state index in [1.807, 2.05) is 47.4 Å². The number of methoxy groups -OCH3 is 1. The van der Waals surface area contributed by atoms with Crippen LogP contribution in [0.5, 0.6) is 5.75 Å². The fourth-order valence-corrected chi connectivity index (χ4v) is 4.21. The summed E-state index contributed by atoms with van der Waals surface area (Å²) in [4.78, 5) is 31.6. The van der Waals surface area contributed by atoms with Crippen molar-refractivity contribution in [2.75, 3.05) is 58.0 Å². The molecule has 3 rings (SSSR count). The SMILES string of the molecule is COc1cccc(N2CCN(C(=O)c3ccccc3SCC(=O)N(C)C)CC2)c1. The Bertz CT molecular complexity index is 864. The summed E-state index contributed by atoms with van der Waals surface area (Å²) in [7, 11) is 5.14. The third kappa shape index (κ3) is 5.23. The third-order valence-electron chi connectivity index (χ3n) is 4.95. The first-order valence-electron chi connectivity index (χ1n) is 9.60. The quantitative estimate of drug-likeness (QED) is 0.682. The van der Waals surface area contributed by atoms with Gasteiger partial charge in [-0.2, -0.15) is 0 Å². The highest BCUT2D eigenvalue weighted by atomic mass is 32.2. The Morgan fingerprint density at radius 3 is 2.45 bits per heavy atom. The number of carbonyl (C=O) groups excluding carboxylic acids is 2. The second-order valence-electron chi connectivity index (χ2n) is 7.05. The lowest BCUT2D eigenvalue weighted by Crippen LogP contribution is -2.48. The van der Waals surface area contributed by atoms with Crippen molar-refractivity contribution in [1.29, 1.82) is 0 Å². The summed E-state index contributed by atoms with van der Waals surface area (Å²) in [6.07, 6.45) is 0. The maximum Gasteiger partial charge on any atom is 0.255 e. The number of hydrogen-bond acceptors (Lipinski definition) is 5. The van der Waals surface area contributed by atoms with Gasteiger partial charge in [0.05, 0.1) is 18.4 Å². The summed E-state index contributed by atoms with van der Waals surface area (Å²) in [6.45, 7) is 2.86. The van der Waals surface area contributed by atoms with Crippen LogP contribution in [0.25, 0.3) is 0 Å². The van der Waals surface area contributed by atoms with Crippen LogP contribution in [0.15, 0.2) is 53.4 Å². The molecule has 1 fully saturated rings. The average molecular weight is 414 g/mol. The van der Waals surface area contributed by atoms with Crippen LogP contribution in [0.1, 0.15) is 10.4 Å². The van der Waals surface area contributed by atoms with Crippen LogP contribution in [0.2, 0.25) is 0 Å². The summed E-state index contributed by atoms with van der Waals surface area (Å²) in [5, 5.41) is 0. The smallest absolute Gasteiger partial charge is 0.255 e. The number of nitrogens with zero attached hydrogens (tertiary/aromatic N) is 3. The van der Waals surface area contributed by atoms with E-state index in [1.165, 1.54) is 11.8 Å². The van der Waals surface area contributed by atoms with E-state index in [2.05, 4.69) is 11.0 Å². The van der Waals surface area contributed by atoms with E-state index in [-0.39, 0.29) is 11.8 Å². The van der Waals surface area contributed by atoms with E-state index in [0.717, 1.165) is 29.4 Å². The van der Waals surface area contributed by atoms with E-state index in [4.69, 9.17) is 4.74 Å². The van der Waals surface area contributed by atoms with Gasteiger partial charge in [-0.25, -0.2) is 0 Å². The normalized spacial score (nSPS) is 13.9. The zero-order valence-electron chi connectivity index (χ0n) is 17.1. The summed E-state index contributed by atoms with van der Waals surface area (Å²) in [6, 6.07) is 15.5. The van der Waals surface area contributed by atoms with Crippen molar-refractivity contribution in [3.05, 3.63) is 54.1 Å². The van der Waals surface area contributed by atoms with Gasteiger partial charge in [-0.3, -0.25) is 9.59 Å². The molecule has 6 nitrogen and oxygen atoms in total. The van der Waals surface area contributed by atoms with Crippen molar-refractivity contribution < 1.29 is 14.3 Å². The molecule has 0 unspecified atom stereocenters. The minimum Gasteiger partial charge on any atom is -0.497 e. The maximum atomic E-state index is 13.1. The van der Waals surface area contributed by atoms with Gasteiger partial charge in [-0.1, -0.05) is 18.2 Å². The Hall–Kier alpha value is -2.67. The zero-order valence-corrected chi connectivity index (χ0v) is 17.9. The number of benzene rings is 2. The highest BCUT2D eigenvalue weighted by molar-refractivity contribution is 8.00. The van der Waals surface area contributed by atoms with Gasteiger partial charge < -0.3 is 19.4 Å². The molecule has 1 aliphatic heterocycles. The highest BCUT2D eigenvalue weighted by Gasteiger charge is 2.24. The van der Waals surface area contributed by atoms with E-state index in [0.29, 0.717) is 24.4 Å². The van der Waals surface area contributed by atoms with Crippen LogP contribution in [-0.4, -0.2) is 74.8 Å². The Labute approximate surface area is 176 Å². The average Bonchev–Trinajstić information content (AvgIpc) is 2.77. The number of amides is 2. The first kappa shape index (κ1) is 21.0. The minimum atomic E-state index is 0.0238. The molecule has 0 bridgehead atoms. The topological polar surface area (TPSA) is 53.1 Å². The molecule has 0 saturated carbocycles. The van der Waals surface area contributed by atoms with Crippen LogP contribution in [0.3, 0.4) is 0 Å². The van der Waals surface area contributed by atoms with Gasteiger partial charge in [-0.15, -0.1) is 11.8 Å². The number of carbonyl (C=O) groups is 2. The molecular weight excluding hydrogens is 386 g/mol. The number of thioether (sulfide) groups is 1. The van der Waals surface area contributed by atoms with Crippen LogP contribution in [-0.2, 0) is 4.79 Å². The maximum absolute atomic E-state index is 13.1. The monoisotopic (exact) mass is 413 g/mol. The molecule has 2 aromatic carbocycles. The fraction of sp³-hybridized carbons (Fsp3) is 0.364. The molecule has 1 heterocycles. The molecular formula is C22H27N3O3S. The van der Waals surface area contributed by atoms with Gasteiger partial charge >= 0.3 is 0 Å². The van der Waals surface area contributed by atoms with Crippen molar-refractivity contribution in [3.8, 4) is 5.75 Å². The predicted molar refractivity (Wildman–Crippen MR) is 117 cm³/mol. The lowest BCUT2D eigenvalue weighted by Gasteiger charge is -2.36. The van der Waals surface area contributed by atoms with Crippen LogP contribution in [0, 0.1) is 0 Å². The predicted octanol–water partition coefficient (Wildman–Crippen LogP) is 2.84. The lowest BCUT2D eigenvalue weighted by atomic mass is 10.1. The Balaban J connectivity index is 1.64. The molecule has 0 aromatic heterocycles. The van der Waals surface area contributed by atoms with Crippen LogP contribution >= 0.6 is 11.8 Å². The number of hydrogen-bond donors (Lipinski definition) is 0. The van der Waals surface area contributed by atoms with E-state index in [1.54, 1.807) is 26.1 Å². The van der Waals surface area contributed by atoms with Crippen molar-refractivity contribution in [3.63, 3.8) is 0 Å². The Morgan fingerprint density at radius 1 is 1.03 bits per heavy atom. The summed E-state index contributed by atoms with van der Waals surface area (Å²) < 4.78 is 5.31. The van der Waals surface area contributed by atoms with Gasteiger partial charge in [0.1, 0.15) is 5.75 Å². The van der Waals surface area contributed by atoms with Crippen molar-refractivity contribution in [1.82, 2.24) is 9.80 Å². The van der Waals surface area contributed by atoms with Gasteiger partial charge in [0.15, 0.2) is 0 Å². The molecule has 29 heavy (non-hydrogen) atoms. The summed E-state index contributed by atoms with van der Waals surface area (Å²) >= 11 is 1.41. The summed E-state index contributed by atoms with van der Waals surface area (Å²) in [5.74, 6) is 1.21. The number of anilines is 1. The molecule has 0 N–H and O–H groups in total. The van der Waals surface area contributed by atoms with Crippen molar-refractivity contribution in [2.24, 2.45) is 0 Å². The van der Waals surface area contributed by atoms with Gasteiger partial charge in [0, 0.05) is 56.9 Å². The molecule has 0 aliphatic carbocycles. The van der Waals surface area contributed by atoms with Crippen LogP contribution < -0.4 is 9.64 Å². The van der Waals surface area contributed by atoms with Gasteiger partial charge in [0.2, 0.25) is 5.91 Å². The second kappa shape index (κ2) is 9.69. The number of rotatable bonds is 6. The molecule has 0 atom stereocenters. The molecule has 2 aromatic rings. The van der Waals surface area contributed by atoms with E-state index >= 15 is 0 Å². The second-order valence-corrected chi connectivity index (χ2v) is 8.07. The van der Waals surface area contributed by atoms with E-state index in [9.17, 15) is 9.59 Å². The molecule has 0 radical (unpaired) electrons. The third-order valence-corrected chi connectivity index (χ3v) is 6.01. The first-order valence-corrected chi connectivity index (χ1v) is 10.6. The lowest BCUT2D eigenvalue weighted by molar-refractivity contribution is -0.125. The van der Waals surface area contributed by atoms with E-state index < -0.39 is 0 Å². The Kier molecular flexibility index (Phi) is 7.04. The minimum absolute atomic E-state index is 0.0238. The molecule has 1 saturated heterocycles. The van der Waals surface area contributed by atoms with Crippen molar-refractivity contribution >= 4 is 29.3 Å². The van der Waals surface area contributed by atoms with Crippen LogP contribution in [0.4, 0.5) is 5.69 Å². The molecule has 154 valence electrons. The Morgan fingerprint density at radius 2 is 1.76 bits per heavy atom. The largest absolute Gasteiger partial charge is 0.497 e. The number of ether oxygens (including phenoxy) is 1. The number of piperazine rings is 1. The summed E-state index contributed by atoms with van der Waals surface area (Å²) in [5.41, 5.74) is 1.77. The molecule has 2 amide bonds. The van der Waals surface area contributed by atoms with Crippen molar-refractivity contribution in [2.45, 2.75) is 4.90 Å². The standard InChI is InChI=1S/C22H27N3O3S/c1-23(2)21(26)16-29-20-10-5-4-9-19(20)22(27)25-13-11-24(12-14-25)17-7-6-8-18(15-17)28-3/h4-10,15H,11-14,16H2,1-3H3. The molecule has 1 aliphatic rings.